The van der Waals surface area contributed by atoms with Gasteiger partial charge in [0.05, 0.1) is 13.2 Å². The van der Waals surface area contributed by atoms with Crippen LogP contribution in [0.1, 0.15) is 17.5 Å². The summed E-state index contributed by atoms with van der Waals surface area (Å²) >= 11 is 0. The fourth-order valence-electron chi connectivity index (χ4n) is 2.02. The fraction of sp³-hybridized carbons (Fsp3) is 0.455. The lowest BCUT2D eigenvalue weighted by molar-refractivity contribution is 0.296. The molecule has 1 aromatic rings. The summed E-state index contributed by atoms with van der Waals surface area (Å²) < 4.78 is 11.3. The highest BCUT2D eigenvalue weighted by molar-refractivity contribution is 5.52. The molecule has 0 aromatic heterocycles. The molecule has 0 atom stereocenters. The molecule has 0 saturated carbocycles. The van der Waals surface area contributed by atoms with Crippen LogP contribution in [0.5, 0.6) is 11.5 Å². The Morgan fingerprint density at radius 3 is 3.00 bits per heavy atom. The molecule has 3 rings (SSSR count). The van der Waals surface area contributed by atoms with Crippen LogP contribution in [0.3, 0.4) is 0 Å². The molecule has 0 aliphatic carbocycles. The zero-order chi connectivity index (χ0) is 9.38. The lowest BCUT2D eigenvalue weighted by Gasteiger charge is -2.10. The summed E-state index contributed by atoms with van der Waals surface area (Å²) in [6.07, 6.45) is 0.969. The van der Waals surface area contributed by atoms with Crippen LogP contribution in [0.25, 0.3) is 0 Å². The van der Waals surface area contributed by atoms with Gasteiger partial charge in [-0.05, 0) is 11.6 Å². The van der Waals surface area contributed by atoms with Crippen molar-refractivity contribution in [2.24, 2.45) is 0 Å². The second-order valence-electron chi connectivity index (χ2n) is 3.68. The molecular weight excluding hydrogens is 178 g/mol. The third kappa shape index (κ3) is 1.16. The highest BCUT2D eigenvalue weighted by Crippen LogP contribution is 2.37. The van der Waals surface area contributed by atoms with Gasteiger partial charge >= 0.3 is 0 Å². The van der Waals surface area contributed by atoms with Gasteiger partial charge in [0.2, 0.25) is 0 Å². The molecule has 0 spiro atoms. The summed E-state index contributed by atoms with van der Waals surface area (Å²) in [4.78, 5) is 0. The summed E-state index contributed by atoms with van der Waals surface area (Å²) in [6, 6.07) is 4.15. The Labute approximate surface area is 83.0 Å². The molecule has 0 unspecified atom stereocenters. The number of fused-ring (bicyclic) bond motifs is 3. The zero-order valence-electron chi connectivity index (χ0n) is 8.01. The van der Waals surface area contributed by atoms with Crippen molar-refractivity contribution in [2.45, 2.75) is 19.5 Å². The molecule has 0 saturated heterocycles. The third-order valence-electron chi connectivity index (χ3n) is 2.73. The van der Waals surface area contributed by atoms with Crippen molar-refractivity contribution < 1.29 is 9.47 Å². The minimum absolute atomic E-state index is 0.763. The Bertz CT molecular complexity index is 363. The van der Waals surface area contributed by atoms with Gasteiger partial charge in [-0.2, -0.15) is 0 Å². The summed E-state index contributed by atoms with van der Waals surface area (Å²) in [7, 11) is 0. The Hall–Kier alpha value is -1.22. The molecule has 2 aliphatic rings. The molecule has 14 heavy (non-hydrogen) atoms. The molecule has 2 heterocycles. The first-order chi connectivity index (χ1) is 6.95. The smallest absolute Gasteiger partial charge is 0.165 e. The van der Waals surface area contributed by atoms with E-state index in [0.717, 1.165) is 44.2 Å². The SMILES string of the molecule is c1cc2c(c3c1CNC3)OCCCO2. The highest BCUT2D eigenvalue weighted by atomic mass is 16.5. The van der Waals surface area contributed by atoms with Crippen molar-refractivity contribution in [3.8, 4) is 11.5 Å². The van der Waals surface area contributed by atoms with Crippen molar-refractivity contribution in [3.63, 3.8) is 0 Å². The van der Waals surface area contributed by atoms with Crippen LogP contribution in [-0.4, -0.2) is 13.2 Å². The van der Waals surface area contributed by atoms with Gasteiger partial charge in [0.25, 0.3) is 0 Å². The van der Waals surface area contributed by atoms with Gasteiger partial charge in [0.15, 0.2) is 11.5 Å². The lowest BCUT2D eigenvalue weighted by Crippen LogP contribution is -2.01. The molecule has 1 aromatic carbocycles. The topological polar surface area (TPSA) is 30.5 Å². The van der Waals surface area contributed by atoms with Crippen LogP contribution in [-0.2, 0) is 13.1 Å². The number of rotatable bonds is 0. The van der Waals surface area contributed by atoms with Gasteiger partial charge in [-0.25, -0.2) is 0 Å². The van der Waals surface area contributed by atoms with Gasteiger partial charge in [0.1, 0.15) is 0 Å². The lowest BCUT2D eigenvalue weighted by atomic mass is 10.1. The summed E-state index contributed by atoms with van der Waals surface area (Å²) in [5, 5.41) is 3.32. The highest BCUT2D eigenvalue weighted by Gasteiger charge is 2.20. The average Bonchev–Trinajstić information content (AvgIpc) is 2.55. The first-order valence-electron chi connectivity index (χ1n) is 5.06. The van der Waals surface area contributed by atoms with Crippen molar-refractivity contribution in [3.05, 3.63) is 23.3 Å². The van der Waals surface area contributed by atoms with E-state index < -0.39 is 0 Å². The van der Waals surface area contributed by atoms with E-state index in [1.165, 1.54) is 11.1 Å². The maximum atomic E-state index is 5.73. The van der Waals surface area contributed by atoms with Gasteiger partial charge in [0, 0.05) is 25.1 Å². The van der Waals surface area contributed by atoms with Gasteiger partial charge in [-0.15, -0.1) is 0 Å². The van der Waals surface area contributed by atoms with E-state index in [-0.39, 0.29) is 0 Å². The second-order valence-corrected chi connectivity index (χ2v) is 3.68. The number of benzene rings is 1. The van der Waals surface area contributed by atoms with Crippen LogP contribution in [0.15, 0.2) is 12.1 Å². The van der Waals surface area contributed by atoms with Crippen molar-refractivity contribution >= 4 is 0 Å². The third-order valence-corrected chi connectivity index (χ3v) is 2.73. The first-order valence-corrected chi connectivity index (χ1v) is 5.06. The Balaban J connectivity index is 2.11. The van der Waals surface area contributed by atoms with E-state index in [4.69, 9.17) is 9.47 Å². The monoisotopic (exact) mass is 191 g/mol. The van der Waals surface area contributed by atoms with E-state index >= 15 is 0 Å². The van der Waals surface area contributed by atoms with Gasteiger partial charge in [-0.3, -0.25) is 0 Å². The van der Waals surface area contributed by atoms with Crippen LogP contribution in [0, 0.1) is 0 Å². The molecule has 1 N–H and O–H groups in total. The van der Waals surface area contributed by atoms with Crippen molar-refractivity contribution in [1.82, 2.24) is 5.32 Å². The molecule has 74 valence electrons. The zero-order valence-corrected chi connectivity index (χ0v) is 8.01. The molecule has 0 radical (unpaired) electrons. The molecule has 0 bridgehead atoms. The first kappa shape index (κ1) is 8.12. The molecule has 3 nitrogen and oxygen atoms in total. The van der Waals surface area contributed by atoms with Crippen LogP contribution < -0.4 is 14.8 Å². The predicted molar refractivity (Wildman–Crippen MR) is 52.6 cm³/mol. The summed E-state index contributed by atoms with van der Waals surface area (Å²) in [5.41, 5.74) is 2.62. The Morgan fingerprint density at radius 1 is 1.07 bits per heavy atom. The van der Waals surface area contributed by atoms with E-state index in [1.54, 1.807) is 0 Å². The van der Waals surface area contributed by atoms with E-state index in [9.17, 15) is 0 Å². The number of hydrogen-bond acceptors (Lipinski definition) is 3. The van der Waals surface area contributed by atoms with Crippen LogP contribution in [0.4, 0.5) is 0 Å². The summed E-state index contributed by atoms with van der Waals surface area (Å²) in [6.45, 7) is 3.39. The quantitative estimate of drug-likeness (QED) is 0.673. The number of hydrogen-bond donors (Lipinski definition) is 1. The standard InChI is InChI=1S/C11H13NO2/c1-4-13-10-3-2-8-6-12-7-9(8)11(10)14-5-1/h2-3,12H,1,4-7H2. The van der Waals surface area contributed by atoms with Crippen molar-refractivity contribution in [1.29, 1.82) is 0 Å². The molecular formula is C11H13NO2. The average molecular weight is 191 g/mol. The normalized spacial score (nSPS) is 18.9. The van der Waals surface area contributed by atoms with Crippen molar-refractivity contribution in [2.75, 3.05) is 13.2 Å². The molecule has 3 heteroatoms. The molecule has 2 aliphatic heterocycles. The number of ether oxygens (including phenoxy) is 2. The Morgan fingerprint density at radius 2 is 2.00 bits per heavy atom. The van der Waals surface area contributed by atoms with E-state index in [0.29, 0.717) is 0 Å². The molecule has 0 fully saturated rings. The maximum Gasteiger partial charge on any atom is 0.165 e. The Kier molecular flexibility index (Phi) is 1.84. The summed E-state index contributed by atoms with van der Waals surface area (Å²) in [5.74, 6) is 1.87. The van der Waals surface area contributed by atoms with Gasteiger partial charge in [-0.1, -0.05) is 6.07 Å². The largest absolute Gasteiger partial charge is 0.490 e. The molecule has 0 amide bonds. The minimum atomic E-state index is 0.763. The predicted octanol–water partition coefficient (Wildman–Crippen LogP) is 1.45. The van der Waals surface area contributed by atoms with E-state index in [2.05, 4.69) is 11.4 Å². The van der Waals surface area contributed by atoms with E-state index in [1.807, 2.05) is 6.07 Å². The minimum Gasteiger partial charge on any atom is -0.490 e. The number of nitrogens with one attached hydrogen (secondary N) is 1. The fourth-order valence-corrected chi connectivity index (χ4v) is 2.02. The van der Waals surface area contributed by atoms with Gasteiger partial charge < -0.3 is 14.8 Å². The van der Waals surface area contributed by atoms with Crippen LogP contribution >= 0.6 is 0 Å². The maximum absolute atomic E-state index is 5.73. The second kappa shape index (κ2) is 3.17. The van der Waals surface area contributed by atoms with Crippen LogP contribution in [0.2, 0.25) is 0 Å².